The molecule has 0 radical (unpaired) electrons. The predicted molar refractivity (Wildman–Crippen MR) is 210 cm³/mol. The van der Waals surface area contributed by atoms with Crippen molar-refractivity contribution in [1.29, 1.82) is 0 Å². The second kappa shape index (κ2) is 14.5. The van der Waals surface area contributed by atoms with Crippen LogP contribution in [-0.4, -0.2) is 43.1 Å². The molecule has 10 heteroatoms. The Kier molecular flexibility index (Phi) is 9.66. The van der Waals surface area contributed by atoms with Gasteiger partial charge in [-0.15, -0.1) is 0 Å². The molecule has 0 bridgehead atoms. The van der Waals surface area contributed by atoms with Gasteiger partial charge in [-0.2, -0.15) is 8.42 Å². The number of imidazole rings is 2. The first-order valence-electron chi connectivity index (χ1n) is 17.3. The van der Waals surface area contributed by atoms with Crippen molar-refractivity contribution in [1.82, 2.24) is 19.1 Å². The molecule has 0 fully saturated rings. The highest BCUT2D eigenvalue weighted by molar-refractivity contribution is 7.85. The lowest BCUT2D eigenvalue weighted by atomic mass is 9.98. The normalized spacial score (nSPS) is 11.5. The number of fused-ring (bicyclic) bond motifs is 3. The fraction of sp³-hybridized carbons (Fsp3) is 0.140. The van der Waals surface area contributed by atoms with E-state index in [0.29, 0.717) is 12.1 Å². The Morgan fingerprint density at radius 1 is 0.755 bits per heavy atom. The summed E-state index contributed by atoms with van der Waals surface area (Å²) < 4.78 is 35.0. The number of aromatic nitrogens is 4. The lowest BCUT2D eigenvalue weighted by molar-refractivity contribution is 0.0697. The third-order valence-corrected chi connectivity index (χ3v) is 10.3. The number of hydrogen-bond donors (Lipinski definition) is 2. The Labute approximate surface area is 307 Å². The molecular weight excluding hydrogens is 685 g/mol. The van der Waals surface area contributed by atoms with E-state index in [9.17, 15) is 18.3 Å². The van der Waals surface area contributed by atoms with Gasteiger partial charge in [-0.05, 0) is 88.8 Å². The predicted octanol–water partition coefficient (Wildman–Crippen LogP) is 9.35. The maximum Gasteiger partial charge on any atom is 0.336 e. The van der Waals surface area contributed by atoms with Crippen molar-refractivity contribution in [3.05, 3.63) is 150 Å². The van der Waals surface area contributed by atoms with Gasteiger partial charge < -0.3 is 14.2 Å². The molecule has 9 nitrogen and oxygen atoms in total. The molecule has 0 unspecified atom stereocenters. The molecule has 2 heterocycles. The van der Waals surface area contributed by atoms with Crippen molar-refractivity contribution < 1.29 is 22.9 Å². The van der Waals surface area contributed by atoms with Gasteiger partial charge in [-0.25, -0.2) is 14.8 Å². The van der Waals surface area contributed by atoms with Gasteiger partial charge in [0.1, 0.15) is 11.6 Å². The van der Waals surface area contributed by atoms with E-state index in [1.807, 2.05) is 60.7 Å². The molecule has 0 aliphatic carbocycles. The Hall–Kier alpha value is -6.10. The molecule has 0 saturated carbocycles. The molecule has 8 aromatic rings. The molecular formula is C43H38N4O5S. The summed E-state index contributed by atoms with van der Waals surface area (Å²) in [5.74, 6) is 1.08. The van der Waals surface area contributed by atoms with E-state index in [1.165, 1.54) is 12.1 Å². The van der Waals surface area contributed by atoms with Crippen molar-refractivity contribution in [3.63, 3.8) is 0 Å². The zero-order chi connectivity index (χ0) is 37.3. The highest BCUT2D eigenvalue weighted by Gasteiger charge is 2.18. The molecule has 0 amide bonds. The molecule has 0 aliphatic rings. The minimum Gasteiger partial charge on any atom is -0.478 e. The van der Waals surface area contributed by atoms with Gasteiger partial charge in [0.15, 0.2) is 0 Å². The van der Waals surface area contributed by atoms with E-state index in [-0.39, 0.29) is 4.90 Å². The van der Waals surface area contributed by atoms with Crippen LogP contribution in [0.25, 0.3) is 55.4 Å². The number of para-hydroxylation sites is 2. The van der Waals surface area contributed by atoms with Crippen molar-refractivity contribution in [2.24, 2.45) is 7.05 Å². The summed E-state index contributed by atoms with van der Waals surface area (Å²) in [7, 11) is -2.03. The second-order valence-electron chi connectivity index (χ2n) is 13.0. The van der Waals surface area contributed by atoms with Gasteiger partial charge in [0, 0.05) is 25.6 Å². The van der Waals surface area contributed by atoms with Crippen LogP contribution in [0.2, 0.25) is 0 Å². The number of benzene rings is 6. The number of nitrogens with zero attached hydrogens (tertiary/aromatic N) is 4. The summed E-state index contributed by atoms with van der Waals surface area (Å²) in [5.41, 5.74) is 9.46. The van der Waals surface area contributed by atoms with Crippen LogP contribution in [-0.2, 0) is 30.1 Å². The Morgan fingerprint density at radius 2 is 1.45 bits per heavy atom. The minimum atomic E-state index is -4.09. The van der Waals surface area contributed by atoms with Crippen LogP contribution in [0.3, 0.4) is 0 Å². The summed E-state index contributed by atoms with van der Waals surface area (Å²) in [5, 5.41) is 11.3. The van der Waals surface area contributed by atoms with Crippen molar-refractivity contribution in [2.75, 3.05) is 0 Å². The molecule has 0 spiro atoms. The summed E-state index contributed by atoms with van der Waals surface area (Å²) in [4.78, 5) is 21.6. The van der Waals surface area contributed by atoms with Gasteiger partial charge in [-0.1, -0.05) is 91.9 Å². The lowest BCUT2D eigenvalue weighted by Crippen LogP contribution is -2.05. The lowest BCUT2D eigenvalue weighted by Gasteiger charge is -2.12. The first-order valence-corrected chi connectivity index (χ1v) is 18.8. The summed E-state index contributed by atoms with van der Waals surface area (Å²) >= 11 is 0. The molecule has 2 aromatic heterocycles. The van der Waals surface area contributed by atoms with Crippen LogP contribution in [0, 0.1) is 6.92 Å². The largest absolute Gasteiger partial charge is 0.478 e. The topological polar surface area (TPSA) is 127 Å². The summed E-state index contributed by atoms with van der Waals surface area (Å²) in [6, 6.07) is 39.8. The van der Waals surface area contributed by atoms with Crippen LogP contribution < -0.4 is 0 Å². The van der Waals surface area contributed by atoms with E-state index in [0.717, 1.165) is 85.1 Å². The molecule has 2 N–H and O–H groups in total. The number of carboxylic acids is 1. The van der Waals surface area contributed by atoms with Crippen LogP contribution in [0.4, 0.5) is 0 Å². The van der Waals surface area contributed by atoms with Crippen molar-refractivity contribution >= 4 is 48.9 Å². The smallest absolute Gasteiger partial charge is 0.336 e. The van der Waals surface area contributed by atoms with Crippen LogP contribution in [0.1, 0.15) is 40.7 Å². The maximum absolute atomic E-state index is 11.7. The Bertz CT molecular complexity index is 2750. The number of rotatable bonds is 8. The van der Waals surface area contributed by atoms with E-state index >= 15 is 0 Å². The molecule has 0 aliphatic heterocycles. The molecule has 53 heavy (non-hydrogen) atoms. The maximum atomic E-state index is 11.7. The van der Waals surface area contributed by atoms with E-state index < -0.39 is 16.1 Å². The van der Waals surface area contributed by atoms with Gasteiger partial charge >= 0.3 is 5.97 Å². The number of aromatic carboxylic acids is 1. The third kappa shape index (κ3) is 7.19. The number of carbonyl (C=O) groups is 1. The van der Waals surface area contributed by atoms with Gasteiger partial charge in [0.05, 0.1) is 32.5 Å². The van der Waals surface area contributed by atoms with Crippen LogP contribution >= 0.6 is 0 Å². The SMILES string of the molecule is CCCc1nc2c(C)cc(-c3nc4ccccc4n3C)cc2n1Cc1ccc(-c2ccccc2C(=O)O)cc1.O=S(=O)(O)c1ccc2ccccc2c1. The van der Waals surface area contributed by atoms with Crippen LogP contribution in [0.5, 0.6) is 0 Å². The zero-order valence-electron chi connectivity index (χ0n) is 29.6. The zero-order valence-corrected chi connectivity index (χ0v) is 30.4. The summed E-state index contributed by atoms with van der Waals surface area (Å²) in [6.45, 7) is 4.98. The van der Waals surface area contributed by atoms with Gasteiger partial charge in [0.25, 0.3) is 10.1 Å². The monoisotopic (exact) mass is 722 g/mol. The Morgan fingerprint density at radius 3 is 2.17 bits per heavy atom. The number of aryl methyl sites for hydroxylation is 3. The molecule has 266 valence electrons. The quantitative estimate of drug-likeness (QED) is 0.150. The summed E-state index contributed by atoms with van der Waals surface area (Å²) in [6.07, 6.45) is 1.89. The molecule has 0 saturated heterocycles. The van der Waals surface area contributed by atoms with Gasteiger partial charge in [0.2, 0.25) is 0 Å². The molecule has 8 rings (SSSR count). The minimum absolute atomic E-state index is 0.0730. The third-order valence-electron chi connectivity index (χ3n) is 9.42. The Balaban J connectivity index is 0.000000260. The van der Waals surface area contributed by atoms with E-state index in [2.05, 4.69) is 60.4 Å². The second-order valence-corrected chi connectivity index (χ2v) is 14.5. The number of carboxylic acid groups (broad SMARTS) is 1. The number of hydrogen-bond acceptors (Lipinski definition) is 5. The standard InChI is InChI=1S/C33H30N4O2.C10H8O3S/c1-4-9-30-35-31-21(2)18-24(32-34-27-12-7-8-13-28(27)36(32)3)19-29(31)37(30)20-22-14-16-23(17-15-22)25-10-5-6-11-26(25)33(38)39;11-14(12,13)10-6-5-8-3-1-2-4-9(8)7-10/h5-8,10-19H,4,9,20H2,1-3H3,(H,38,39);1-7H,(H,11,12,13). The highest BCUT2D eigenvalue weighted by Crippen LogP contribution is 2.31. The highest BCUT2D eigenvalue weighted by atomic mass is 32.2. The molecule has 0 atom stereocenters. The van der Waals surface area contributed by atoms with E-state index in [1.54, 1.807) is 24.3 Å². The van der Waals surface area contributed by atoms with Crippen LogP contribution in [0.15, 0.2) is 132 Å². The first-order chi connectivity index (χ1) is 25.5. The van der Waals surface area contributed by atoms with E-state index in [4.69, 9.17) is 14.5 Å². The van der Waals surface area contributed by atoms with Crippen molar-refractivity contribution in [2.45, 2.75) is 38.1 Å². The average molecular weight is 723 g/mol. The fourth-order valence-corrected chi connectivity index (χ4v) is 7.30. The first kappa shape index (κ1) is 35.3. The molecule has 6 aromatic carbocycles. The average Bonchev–Trinajstić information content (AvgIpc) is 3.68. The van der Waals surface area contributed by atoms with Gasteiger partial charge in [-0.3, -0.25) is 4.55 Å². The fourth-order valence-electron chi connectivity index (χ4n) is 6.79. The van der Waals surface area contributed by atoms with Crippen molar-refractivity contribution in [3.8, 4) is 22.5 Å².